The van der Waals surface area contributed by atoms with E-state index in [4.69, 9.17) is 0 Å². The zero-order valence-electron chi connectivity index (χ0n) is 15.5. The summed E-state index contributed by atoms with van der Waals surface area (Å²) < 4.78 is 0. The zero-order chi connectivity index (χ0) is 17.2. The quantitative estimate of drug-likeness (QED) is 0.456. The van der Waals surface area contributed by atoms with Crippen LogP contribution in [0, 0.1) is 5.92 Å². The van der Waals surface area contributed by atoms with E-state index in [2.05, 4.69) is 69.6 Å². The van der Waals surface area contributed by atoms with E-state index in [1.807, 2.05) is 7.05 Å². The third-order valence-corrected chi connectivity index (χ3v) is 4.34. The first-order valence-corrected chi connectivity index (χ1v) is 9.16. The van der Waals surface area contributed by atoms with Crippen molar-refractivity contribution in [1.29, 1.82) is 0 Å². The van der Waals surface area contributed by atoms with Crippen LogP contribution in [0.15, 0.2) is 35.3 Å². The van der Waals surface area contributed by atoms with Gasteiger partial charge >= 0.3 is 0 Å². The first-order chi connectivity index (χ1) is 11.7. The minimum absolute atomic E-state index is 0.629. The van der Waals surface area contributed by atoms with Crippen molar-refractivity contribution in [2.24, 2.45) is 10.9 Å². The van der Waals surface area contributed by atoms with Crippen molar-refractivity contribution in [1.82, 2.24) is 15.5 Å². The summed E-state index contributed by atoms with van der Waals surface area (Å²) >= 11 is 0. The molecule has 2 rings (SSSR count). The molecule has 0 unspecified atom stereocenters. The summed E-state index contributed by atoms with van der Waals surface area (Å²) in [5, 5.41) is 6.75. The number of rotatable bonds is 7. The lowest BCUT2D eigenvalue weighted by Crippen LogP contribution is -2.47. The Morgan fingerprint density at radius 3 is 2.42 bits per heavy atom. The fourth-order valence-corrected chi connectivity index (χ4v) is 2.90. The summed E-state index contributed by atoms with van der Waals surface area (Å²) in [5.41, 5.74) is 1.35. The second kappa shape index (κ2) is 10.2. The Hall–Kier alpha value is -1.75. The summed E-state index contributed by atoms with van der Waals surface area (Å²) in [5.74, 6) is 1.54. The maximum absolute atomic E-state index is 4.26. The smallest absolute Gasteiger partial charge is 0.190 e. The van der Waals surface area contributed by atoms with Gasteiger partial charge in [0.1, 0.15) is 0 Å². The average molecular weight is 332 g/mol. The maximum Gasteiger partial charge on any atom is 0.190 e. The van der Waals surface area contributed by atoms with Crippen LogP contribution in [0.5, 0.6) is 0 Å². The highest BCUT2D eigenvalue weighted by Gasteiger charge is 2.16. The van der Waals surface area contributed by atoms with Gasteiger partial charge in [0.2, 0.25) is 0 Å². The van der Waals surface area contributed by atoms with Gasteiger partial charge < -0.3 is 15.5 Å². The van der Waals surface area contributed by atoms with Crippen molar-refractivity contribution >= 4 is 11.6 Å². The van der Waals surface area contributed by atoms with Gasteiger partial charge in [-0.05, 0) is 31.0 Å². The monoisotopic (exact) mass is 331 g/mol. The molecule has 1 aliphatic heterocycles. The van der Waals surface area contributed by atoms with Gasteiger partial charge in [0, 0.05) is 52.0 Å². The van der Waals surface area contributed by atoms with Crippen molar-refractivity contribution in [3.05, 3.63) is 30.3 Å². The van der Waals surface area contributed by atoms with Crippen LogP contribution < -0.4 is 15.5 Å². The largest absolute Gasteiger partial charge is 0.369 e. The molecule has 5 nitrogen and oxygen atoms in total. The standard InChI is InChI=1S/C19H33N5/c1-17(2)16-22-19(20-3)21-10-7-11-23-12-14-24(15-13-23)18-8-5-4-6-9-18/h4-6,8-9,17H,7,10-16H2,1-3H3,(H2,20,21,22). The molecule has 0 aromatic heterocycles. The summed E-state index contributed by atoms with van der Waals surface area (Å²) in [6.07, 6.45) is 1.15. The molecule has 0 saturated carbocycles. The molecule has 1 aromatic carbocycles. The molecule has 2 N–H and O–H groups in total. The number of piperazine rings is 1. The number of nitrogens with one attached hydrogen (secondary N) is 2. The SMILES string of the molecule is CN=C(NCCCN1CCN(c2ccccc2)CC1)NCC(C)C. The number of hydrogen-bond donors (Lipinski definition) is 2. The van der Waals surface area contributed by atoms with Gasteiger partial charge in [-0.15, -0.1) is 0 Å². The lowest BCUT2D eigenvalue weighted by molar-refractivity contribution is 0.255. The molecule has 0 aliphatic carbocycles. The van der Waals surface area contributed by atoms with Crippen LogP contribution in [0.1, 0.15) is 20.3 Å². The first-order valence-electron chi connectivity index (χ1n) is 9.16. The topological polar surface area (TPSA) is 42.9 Å². The molecule has 5 heteroatoms. The number of benzene rings is 1. The van der Waals surface area contributed by atoms with Gasteiger partial charge in [-0.25, -0.2) is 0 Å². The zero-order valence-corrected chi connectivity index (χ0v) is 15.5. The lowest BCUT2D eigenvalue weighted by Gasteiger charge is -2.36. The second-order valence-electron chi connectivity index (χ2n) is 6.79. The highest BCUT2D eigenvalue weighted by Crippen LogP contribution is 2.15. The fraction of sp³-hybridized carbons (Fsp3) is 0.632. The van der Waals surface area contributed by atoms with E-state index in [9.17, 15) is 0 Å². The summed E-state index contributed by atoms with van der Waals surface area (Å²) in [6.45, 7) is 12.0. The Labute approximate surface area is 147 Å². The third-order valence-electron chi connectivity index (χ3n) is 4.34. The highest BCUT2D eigenvalue weighted by molar-refractivity contribution is 5.79. The van der Waals surface area contributed by atoms with E-state index in [0.29, 0.717) is 5.92 Å². The predicted octanol–water partition coefficient (Wildman–Crippen LogP) is 2.02. The van der Waals surface area contributed by atoms with E-state index >= 15 is 0 Å². The number of para-hydroxylation sites is 1. The normalized spacial score (nSPS) is 16.5. The van der Waals surface area contributed by atoms with Crippen molar-refractivity contribution in [3.63, 3.8) is 0 Å². The molecule has 1 aliphatic rings. The Balaban J connectivity index is 1.59. The van der Waals surface area contributed by atoms with Gasteiger partial charge in [0.25, 0.3) is 0 Å². The summed E-state index contributed by atoms with van der Waals surface area (Å²) in [4.78, 5) is 9.30. The van der Waals surface area contributed by atoms with E-state index < -0.39 is 0 Å². The molecular formula is C19H33N5. The lowest BCUT2D eigenvalue weighted by atomic mass is 10.2. The first kappa shape index (κ1) is 18.6. The molecular weight excluding hydrogens is 298 g/mol. The molecule has 0 atom stereocenters. The van der Waals surface area contributed by atoms with Crippen LogP contribution in [0.4, 0.5) is 5.69 Å². The fourth-order valence-electron chi connectivity index (χ4n) is 2.90. The van der Waals surface area contributed by atoms with Crippen molar-refractivity contribution in [2.45, 2.75) is 20.3 Å². The van der Waals surface area contributed by atoms with Crippen molar-refractivity contribution < 1.29 is 0 Å². The number of hydrogen-bond acceptors (Lipinski definition) is 3. The van der Waals surface area contributed by atoms with Crippen LogP contribution in [0.2, 0.25) is 0 Å². The number of nitrogens with zero attached hydrogens (tertiary/aromatic N) is 3. The van der Waals surface area contributed by atoms with Crippen LogP contribution >= 0.6 is 0 Å². The summed E-state index contributed by atoms with van der Waals surface area (Å²) in [6, 6.07) is 10.7. The Bertz CT molecular complexity index is 478. The highest BCUT2D eigenvalue weighted by atomic mass is 15.3. The van der Waals surface area contributed by atoms with Gasteiger partial charge in [-0.3, -0.25) is 9.89 Å². The van der Waals surface area contributed by atoms with Crippen molar-refractivity contribution in [3.8, 4) is 0 Å². The van der Waals surface area contributed by atoms with Crippen LogP contribution in [0.25, 0.3) is 0 Å². The van der Waals surface area contributed by atoms with Gasteiger partial charge in [-0.1, -0.05) is 32.0 Å². The van der Waals surface area contributed by atoms with Gasteiger partial charge in [-0.2, -0.15) is 0 Å². The van der Waals surface area contributed by atoms with Crippen LogP contribution in [-0.2, 0) is 0 Å². The summed E-state index contributed by atoms with van der Waals surface area (Å²) in [7, 11) is 1.83. The minimum atomic E-state index is 0.629. The molecule has 1 fully saturated rings. The molecule has 0 spiro atoms. The Kier molecular flexibility index (Phi) is 7.89. The molecule has 0 radical (unpaired) electrons. The Morgan fingerprint density at radius 2 is 1.79 bits per heavy atom. The molecule has 1 aromatic rings. The number of anilines is 1. The van der Waals surface area contributed by atoms with E-state index in [1.165, 1.54) is 5.69 Å². The van der Waals surface area contributed by atoms with Crippen molar-refractivity contribution in [2.75, 3.05) is 57.8 Å². The van der Waals surface area contributed by atoms with Gasteiger partial charge in [0.15, 0.2) is 5.96 Å². The van der Waals surface area contributed by atoms with E-state index in [-0.39, 0.29) is 0 Å². The molecule has 1 heterocycles. The molecule has 0 amide bonds. The van der Waals surface area contributed by atoms with Gasteiger partial charge in [0.05, 0.1) is 0 Å². The molecule has 134 valence electrons. The third kappa shape index (κ3) is 6.40. The molecule has 24 heavy (non-hydrogen) atoms. The minimum Gasteiger partial charge on any atom is -0.369 e. The number of aliphatic imine (C=N–C) groups is 1. The average Bonchev–Trinajstić information content (AvgIpc) is 2.62. The predicted molar refractivity (Wildman–Crippen MR) is 104 cm³/mol. The second-order valence-corrected chi connectivity index (χ2v) is 6.79. The maximum atomic E-state index is 4.26. The Morgan fingerprint density at radius 1 is 1.08 bits per heavy atom. The molecule has 1 saturated heterocycles. The van der Waals surface area contributed by atoms with Crippen LogP contribution in [0.3, 0.4) is 0 Å². The van der Waals surface area contributed by atoms with E-state index in [0.717, 1.165) is 58.2 Å². The van der Waals surface area contributed by atoms with E-state index in [1.54, 1.807) is 0 Å². The molecule has 0 bridgehead atoms. The number of guanidine groups is 1. The van der Waals surface area contributed by atoms with Crippen LogP contribution in [-0.4, -0.2) is 63.7 Å².